The van der Waals surface area contributed by atoms with Gasteiger partial charge in [-0.2, -0.15) is 0 Å². The van der Waals surface area contributed by atoms with Gasteiger partial charge in [-0.3, -0.25) is 0 Å². The van der Waals surface area contributed by atoms with Crippen molar-refractivity contribution >= 4 is 15.9 Å². The van der Waals surface area contributed by atoms with Gasteiger partial charge < -0.3 is 24.6 Å². The average Bonchev–Trinajstić information content (AvgIpc) is 2.74. The van der Waals surface area contributed by atoms with Gasteiger partial charge in [0.15, 0.2) is 9.84 Å². The Kier molecular flexibility index (Phi) is 8.26. The second-order valence-corrected chi connectivity index (χ2v) is 9.85. The Hall–Kier alpha value is -2.99. The molecule has 1 atom stereocenters. The van der Waals surface area contributed by atoms with Gasteiger partial charge in [-0.25, -0.2) is 13.2 Å². The maximum Gasteiger partial charge on any atom is 0.573 e. The van der Waals surface area contributed by atoms with E-state index < -0.39 is 39.8 Å². The van der Waals surface area contributed by atoms with E-state index in [0.717, 1.165) is 25.0 Å². The van der Waals surface area contributed by atoms with Crippen molar-refractivity contribution in [2.24, 2.45) is 5.92 Å². The van der Waals surface area contributed by atoms with E-state index in [0.29, 0.717) is 19.6 Å². The number of hydrogen-bond donors (Lipinski definition) is 2. The molecule has 2 N–H and O–H groups in total. The predicted molar refractivity (Wildman–Crippen MR) is 115 cm³/mol. The first-order valence-corrected chi connectivity index (χ1v) is 12.1. The number of benzene rings is 2. The summed E-state index contributed by atoms with van der Waals surface area (Å²) in [6.45, 7) is 1.13. The monoisotopic (exact) mass is 503 g/mol. The van der Waals surface area contributed by atoms with E-state index in [9.17, 15) is 26.4 Å². The summed E-state index contributed by atoms with van der Waals surface area (Å²) < 4.78 is 77.1. The van der Waals surface area contributed by atoms with Crippen LogP contribution in [0.5, 0.6) is 17.2 Å². The highest BCUT2D eigenvalue weighted by Gasteiger charge is 2.31. The summed E-state index contributed by atoms with van der Waals surface area (Å²) in [5.41, 5.74) is 0. The van der Waals surface area contributed by atoms with Crippen LogP contribution in [0.3, 0.4) is 0 Å². The average molecular weight is 503 g/mol. The number of sulfone groups is 1. The summed E-state index contributed by atoms with van der Waals surface area (Å²) in [7, 11) is -3.80. The first-order chi connectivity index (χ1) is 16.0. The van der Waals surface area contributed by atoms with E-state index in [2.05, 4.69) is 10.1 Å². The van der Waals surface area contributed by atoms with Crippen LogP contribution in [0.15, 0.2) is 53.4 Å². The summed E-state index contributed by atoms with van der Waals surface area (Å²) in [5.74, 6) is -0.119. The van der Waals surface area contributed by atoms with Crippen molar-refractivity contribution in [3.63, 3.8) is 0 Å². The molecule has 34 heavy (non-hydrogen) atoms. The van der Waals surface area contributed by atoms with Crippen molar-refractivity contribution in [1.29, 1.82) is 0 Å². The normalized spacial score (nSPS) is 16.0. The first-order valence-electron chi connectivity index (χ1n) is 10.4. The molecular formula is C22H24F3NO7S. The second-order valence-electron chi connectivity index (χ2n) is 7.81. The smallest absolute Gasteiger partial charge is 0.465 e. The van der Waals surface area contributed by atoms with Crippen LogP contribution in [0.2, 0.25) is 0 Å². The van der Waals surface area contributed by atoms with Gasteiger partial charge in [0.2, 0.25) is 0 Å². The maximum atomic E-state index is 12.9. The highest BCUT2D eigenvalue weighted by Crippen LogP contribution is 2.28. The number of hydrogen-bond acceptors (Lipinski definition) is 6. The zero-order valence-electron chi connectivity index (χ0n) is 18.0. The quantitative estimate of drug-likeness (QED) is 0.514. The van der Waals surface area contributed by atoms with Crippen molar-refractivity contribution in [2.75, 3.05) is 19.0 Å². The Morgan fingerprint density at radius 2 is 1.56 bits per heavy atom. The Labute approximate surface area is 194 Å². The maximum absolute atomic E-state index is 12.9. The number of carbonyl (C=O) groups is 1. The molecule has 1 aliphatic heterocycles. The van der Waals surface area contributed by atoms with Crippen LogP contribution in [0.1, 0.15) is 19.3 Å². The van der Waals surface area contributed by atoms with E-state index in [4.69, 9.17) is 14.6 Å². The van der Waals surface area contributed by atoms with E-state index in [1.807, 2.05) is 0 Å². The van der Waals surface area contributed by atoms with Crippen molar-refractivity contribution in [3.05, 3.63) is 48.5 Å². The molecule has 0 radical (unpaired) electrons. The fourth-order valence-corrected chi connectivity index (χ4v) is 5.14. The molecule has 1 saturated heterocycles. The van der Waals surface area contributed by atoms with E-state index >= 15 is 0 Å². The minimum atomic E-state index is -4.80. The van der Waals surface area contributed by atoms with Crippen molar-refractivity contribution < 1.29 is 45.7 Å². The zero-order valence-corrected chi connectivity index (χ0v) is 18.8. The number of halogens is 3. The van der Waals surface area contributed by atoms with Gasteiger partial charge >= 0.3 is 12.5 Å². The summed E-state index contributed by atoms with van der Waals surface area (Å²) in [4.78, 5) is 11.2. The molecule has 0 spiro atoms. The summed E-state index contributed by atoms with van der Waals surface area (Å²) in [6.07, 6.45) is -4.21. The third-order valence-corrected chi connectivity index (χ3v) is 7.01. The number of carboxylic acid groups (broad SMARTS) is 1. The third kappa shape index (κ3) is 8.10. The summed E-state index contributed by atoms with van der Waals surface area (Å²) >= 11 is 0. The van der Waals surface area contributed by atoms with Crippen LogP contribution in [-0.2, 0) is 14.6 Å². The number of alkyl halides is 3. The molecule has 186 valence electrons. The Bertz CT molecular complexity index is 1050. The molecule has 2 aromatic rings. The van der Waals surface area contributed by atoms with Crippen LogP contribution in [0.4, 0.5) is 18.0 Å². The molecule has 0 aliphatic carbocycles. The lowest BCUT2D eigenvalue weighted by molar-refractivity contribution is -0.274. The molecule has 1 amide bonds. The fraction of sp³-hybridized carbons (Fsp3) is 0.409. The van der Waals surface area contributed by atoms with Crippen LogP contribution >= 0.6 is 0 Å². The molecule has 1 fully saturated rings. The zero-order chi connectivity index (χ0) is 24.8. The van der Waals surface area contributed by atoms with Gasteiger partial charge in [-0.05, 0) is 73.7 Å². The Morgan fingerprint density at radius 1 is 1.03 bits per heavy atom. The molecule has 1 unspecified atom stereocenters. The van der Waals surface area contributed by atoms with Gasteiger partial charge in [0.25, 0.3) is 0 Å². The molecule has 12 heteroatoms. The molecule has 8 nitrogen and oxygen atoms in total. The minimum absolute atomic E-state index is 0.00191. The van der Waals surface area contributed by atoms with Crippen LogP contribution in [0.25, 0.3) is 0 Å². The molecule has 1 heterocycles. The van der Waals surface area contributed by atoms with Crippen molar-refractivity contribution in [1.82, 2.24) is 5.32 Å². The predicted octanol–water partition coefficient (Wildman–Crippen LogP) is 4.60. The lowest BCUT2D eigenvalue weighted by Gasteiger charge is -2.26. The first kappa shape index (κ1) is 25.6. The van der Waals surface area contributed by atoms with Crippen molar-refractivity contribution in [3.8, 4) is 17.2 Å². The van der Waals surface area contributed by atoms with Crippen molar-refractivity contribution in [2.45, 2.75) is 36.6 Å². The lowest BCUT2D eigenvalue weighted by Crippen LogP contribution is -2.41. The number of rotatable bonds is 9. The SMILES string of the molecule is O=C(O)NC(CC1CCOCC1)CS(=O)(=O)c1ccc(Oc2ccc(OC(F)(F)F)cc2)cc1. The molecule has 0 bridgehead atoms. The van der Waals surface area contributed by atoms with Gasteiger partial charge in [-0.1, -0.05) is 0 Å². The third-order valence-electron chi connectivity index (χ3n) is 5.18. The number of nitrogens with one attached hydrogen (secondary N) is 1. The fourth-order valence-electron chi connectivity index (χ4n) is 3.65. The van der Waals surface area contributed by atoms with E-state index in [1.54, 1.807) is 0 Å². The minimum Gasteiger partial charge on any atom is -0.465 e. The highest BCUT2D eigenvalue weighted by molar-refractivity contribution is 7.91. The molecule has 1 aliphatic rings. The van der Waals surface area contributed by atoms with Gasteiger partial charge in [0.1, 0.15) is 17.2 Å². The topological polar surface area (TPSA) is 111 Å². The number of amides is 1. The van der Waals surface area contributed by atoms with E-state index in [1.165, 1.54) is 36.4 Å². The van der Waals surface area contributed by atoms with E-state index in [-0.39, 0.29) is 22.3 Å². The van der Waals surface area contributed by atoms with Crippen LogP contribution < -0.4 is 14.8 Å². The van der Waals surface area contributed by atoms with Gasteiger partial charge in [-0.15, -0.1) is 13.2 Å². The number of ether oxygens (including phenoxy) is 3. The standard InChI is InChI=1S/C22H24F3NO7S/c23-22(24,25)33-19-3-1-17(2-4-19)32-18-5-7-20(8-6-18)34(29,30)14-16(26-21(27)28)13-15-9-11-31-12-10-15/h1-8,15-16,26H,9-14H2,(H,27,28). The molecular weight excluding hydrogens is 479 g/mol. The molecule has 2 aromatic carbocycles. The van der Waals surface area contributed by atoms with Crippen LogP contribution in [-0.4, -0.2) is 51.0 Å². The Balaban J connectivity index is 1.63. The van der Waals surface area contributed by atoms with Crippen LogP contribution in [0, 0.1) is 5.92 Å². The largest absolute Gasteiger partial charge is 0.573 e. The molecule has 0 aromatic heterocycles. The lowest BCUT2D eigenvalue weighted by atomic mass is 9.93. The van der Waals surface area contributed by atoms with Gasteiger partial charge in [0.05, 0.1) is 10.6 Å². The summed E-state index contributed by atoms with van der Waals surface area (Å²) in [5, 5.41) is 11.4. The second kappa shape index (κ2) is 11.0. The molecule has 3 rings (SSSR count). The van der Waals surface area contributed by atoms with Gasteiger partial charge in [0, 0.05) is 19.3 Å². The molecule has 0 saturated carbocycles. The Morgan fingerprint density at radius 3 is 2.09 bits per heavy atom. The summed E-state index contributed by atoms with van der Waals surface area (Å²) in [6, 6.07) is 9.46. The highest BCUT2D eigenvalue weighted by atomic mass is 32.2.